The normalized spacial score (nSPS) is 13.2. The molecule has 0 unspecified atom stereocenters. The molecule has 0 radical (unpaired) electrons. The molecule has 0 saturated heterocycles. The average Bonchev–Trinajstić information content (AvgIpc) is 2.45. The molecule has 1 nitrogen and oxygen atoms in total. The quantitative estimate of drug-likeness (QED) is 0.626. The van der Waals surface area contributed by atoms with E-state index in [1.807, 2.05) is 57.2 Å². The van der Waals surface area contributed by atoms with Crippen molar-refractivity contribution in [2.24, 2.45) is 0 Å². The van der Waals surface area contributed by atoms with Gasteiger partial charge in [-0.3, -0.25) is 4.98 Å². The van der Waals surface area contributed by atoms with Crippen molar-refractivity contribution in [2.45, 2.75) is 51.4 Å². The standard InChI is InChI=1S/C19H25F2NSi/c1-18(2,3)15-12-17(14-10-8-7-9-11-14)22-13-16(15)19(20,21)23(4,5)6/h7-13H,1-6H3. The third kappa shape index (κ3) is 3.52. The van der Waals surface area contributed by atoms with Crippen LogP contribution < -0.4 is 0 Å². The monoisotopic (exact) mass is 333 g/mol. The number of halogens is 2. The predicted octanol–water partition coefficient (Wildman–Crippen LogP) is 6.02. The first-order chi connectivity index (χ1) is 10.4. The lowest BCUT2D eigenvalue weighted by molar-refractivity contribution is 0.0770. The molecule has 0 aliphatic rings. The SMILES string of the molecule is CC(C)(C)c1cc(-c2ccccc2)ncc1C(F)(F)[Si](C)(C)C. The van der Waals surface area contributed by atoms with Gasteiger partial charge in [0.1, 0.15) is 8.07 Å². The zero-order valence-corrected chi connectivity index (χ0v) is 15.7. The number of aromatic nitrogens is 1. The Bertz CT molecular complexity index is 683. The van der Waals surface area contributed by atoms with Crippen molar-refractivity contribution in [3.63, 3.8) is 0 Å². The van der Waals surface area contributed by atoms with Crippen molar-refractivity contribution in [2.75, 3.05) is 0 Å². The first-order valence-corrected chi connectivity index (χ1v) is 11.4. The molecular weight excluding hydrogens is 308 g/mol. The van der Waals surface area contributed by atoms with Crippen molar-refractivity contribution in [1.29, 1.82) is 0 Å². The second kappa shape index (κ2) is 5.82. The smallest absolute Gasteiger partial charge is 0.254 e. The predicted molar refractivity (Wildman–Crippen MR) is 95.6 cm³/mol. The summed E-state index contributed by atoms with van der Waals surface area (Å²) >= 11 is 0. The van der Waals surface area contributed by atoms with Crippen molar-refractivity contribution in [3.05, 3.63) is 53.7 Å². The zero-order chi connectivity index (χ0) is 17.5. The van der Waals surface area contributed by atoms with Crippen LogP contribution in [0.3, 0.4) is 0 Å². The van der Waals surface area contributed by atoms with Gasteiger partial charge in [0, 0.05) is 17.3 Å². The van der Waals surface area contributed by atoms with Gasteiger partial charge in [0.2, 0.25) is 0 Å². The van der Waals surface area contributed by atoms with E-state index in [0.29, 0.717) is 5.56 Å². The number of hydrogen-bond donors (Lipinski definition) is 0. The van der Waals surface area contributed by atoms with Crippen molar-refractivity contribution < 1.29 is 8.78 Å². The topological polar surface area (TPSA) is 12.9 Å². The van der Waals surface area contributed by atoms with E-state index in [9.17, 15) is 0 Å². The van der Waals surface area contributed by atoms with Crippen LogP contribution in [-0.4, -0.2) is 13.1 Å². The minimum Gasteiger partial charge on any atom is -0.256 e. The highest BCUT2D eigenvalue weighted by Gasteiger charge is 2.48. The summed E-state index contributed by atoms with van der Waals surface area (Å²) in [6.45, 7) is 11.0. The molecule has 0 aliphatic heterocycles. The van der Waals surface area contributed by atoms with Crippen LogP contribution in [-0.2, 0) is 11.0 Å². The van der Waals surface area contributed by atoms with Gasteiger partial charge in [0.15, 0.2) is 0 Å². The van der Waals surface area contributed by atoms with E-state index < -0.39 is 13.6 Å². The summed E-state index contributed by atoms with van der Waals surface area (Å²) in [4.78, 5) is 4.35. The molecule has 0 amide bonds. The molecule has 0 spiro atoms. The maximum atomic E-state index is 15.0. The molecule has 0 saturated carbocycles. The van der Waals surface area contributed by atoms with Gasteiger partial charge in [-0.15, -0.1) is 0 Å². The lowest BCUT2D eigenvalue weighted by Gasteiger charge is -2.33. The van der Waals surface area contributed by atoms with Gasteiger partial charge in [0.25, 0.3) is 5.55 Å². The zero-order valence-electron chi connectivity index (χ0n) is 14.7. The van der Waals surface area contributed by atoms with Gasteiger partial charge < -0.3 is 0 Å². The van der Waals surface area contributed by atoms with E-state index in [0.717, 1.165) is 11.3 Å². The number of pyridine rings is 1. The summed E-state index contributed by atoms with van der Waals surface area (Å²) in [6, 6.07) is 11.5. The number of alkyl halides is 2. The van der Waals surface area contributed by atoms with Gasteiger partial charge in [0.05, 0.1) is 5.69 Å². The Morgan fingerprint density at radius 3 is 1.96 bits per heavy atom. The molecule has 1 heterocycles. The third-order valence-corrected chi connectivity index (χ3v) is 6.21. The highest BCUT2D eigenvalue weighted by Crippen LogP contribution is 2.43. The molecule has 0 bridgehead atoms. The summed E-state index contributed by atoms with van der Waals surface area (Å²) in [5.74, 6) is 0. The summed E-state index contributed by atoms with van der Waals surface area (Å²) < 4.78 is 30.0. The first-order valence-electron chi connectivity index (χ1n) is 7.89. The van der Waals surface area contributed by atoms with Gasteiger partial charge in [-0.25, -0.2) is 8.78 Å². The van der Waals surface area contributed by atoms with Crippen molar-refractivity contribution in [1.82, 2.24) is 4.98 Å². The minimum atomic E-state index is -2.81. The second-order valence-corrected chi connectivity index (χ2v) is 13.2. The lowest BCUT2D eigenvalue weighted by Crippen LogP contribution is -2.44. The molecule has 23 heavy (non-hydrogen) atoms. The number of nitrogens with zero attached hydrogens (tertiary/aromatic N) is 1. The van der Waals surface area contributed by atoms with Gasteiger partial charge in [-0.05, 0) is 17.0 Å². The average molecular weight is 333 g/mol. The summed E-state index contributed by atoms with van der Waals surface area (Å²) in [5.41, 5.74) is -0.725. The van der Waals surface area contributed by atoms with Crippen molar-refractivity contribution >= 4 is 8.07 Å². The van der Waals surface area contributed by atoms with E-state index in [2.05, 4.69) is 4.98 Å². The highest BCUT2D eigenvalue weighted by atomic mass is 28.3. The largest absolute Gasteiger partial charge is 0.256 e. The Morgan fingerprint density at radius 1 is 0.913 bits per heavy atom. The molecule has 0 aliphatic carbocycles. The molecule has 124 valence electrons. The van der Waals surface area contributed by atoms with Crippen LogP contribution in [0.2, 0.25) is 19.6 Å². The lowest BCUT2D eigenvalue weighted by atomic mass is 9.83. The van der Waals surface area contributed by atoms with Gasteiger partial charge in [-0.2, -0.15) is 0 Å². The van der Waals surface area contributed by atoms with Crippen LogP contribution in [0.5, 0.6) is 0 Å². The van der Waals surface area contributed by atoms with Crippen LogP contribution in [0.4, 0.5) is 8.78 Å². The Kier molecular flexibility index (Phi) is 4.50. The molecule has 2 aromatic rings. The van der Waals surface area contributed by atoms with Gasteiger partial charge in [-0.1, -0.05) is 70.7 Å². The molecule has 0 fully saturated rings. The fourth-order valence-electron chi connectivity index (χ4n) is 2.50. The van der Waals surface area contributed by atoms with E-state index in [-0.39, 0.29) is 11.0 Å². The highest BCUT2D eigenvalue weighted by molar-refractivity contribution is 6.78. The Labute approximate surface area is 138 Å². The molecule has 0 N–H and O–H groups in total. The molecule has 1 aromatic heterocycles. The van der Waals surface area contributed by atoms with Crippen LogP contribution in [0.1, 0.15) is 31.9 Å². The molecular formula is C19H25F2NSi. The first kappa shape index (κ1) is 17.8. The number of rotatable bonds is 3. The molecule has 1 aromatic carbocycles. The Balaban J connectivity index is 2.67. The Hall–Kier alpha value is -1.55. The van der Waals surface area contributed by atoms with E-state index in [4.69, 9.17) is 0 Å². The van der Waals surface area contributed by atoms with E-state index in [1.165, 1.54) is 6.20 Å². The maximum absolute atomic E-state index is 15.0. The van der Waals surface area contributed by atoms with Crippen LogP contribution in [0.15, 0.2) is 42.6 Å². The summed E-state index contributed by atoms with van der Waals surface area (Å²) in [6.07, 6.45) is 1.39. The van der Waals surface area contributed by atoms with E-state index >= 15 is 8.78 Å². The van der Waals surface area contributed by atoms with Crippen LogP contribution in [0.25, 0.3) is 11.3 Å². The number of benzene rings is 1. The minimum absolute atomic E-state index is 0.0869. The molecule has 2 rings (SSSR count). The Morgan fingerprint density at radius 2 is 1.48 bits per heavy atom. The van der Waals surface area contributed by atoms with Gasteiger partial charge >= 0.3 is 0 Å². The second-order valence-electron chi connectivity index (χ2n) is 8.06. The third-order valence-electron chi connectivity index (χ3n) is 4.06. The summed E-state index contributed by atoms with van der Waals surface area (Å²) in [5, 5.41) is 0. The number of hydrogen-bond acceptors (Lipinski definition) is 1. The summed E-state index contributed by atoms with van der Waals surface area (Å²) in [7, 11) is -2.71. The maximum Gasteiger partial charge on any atom is 0.254 e. The molecule has 0 atom stereocenters. The molecule has 4 heteroatoms. The van der Waals surface area contributed by atoms with Crippen LogP contribution in [0, 0.1) is 0 Å². The van der Waals surface area contributed by atoms with Crippen LogP contribution >= 0.6 is 0 Å². The van der Waals surface area contributed by atoms with E-state index in [1.54, 1.807) is 19.6 Å². The van der Waals surface area contributed by atoms with Crippen molar-refractivity contribution in [3.8, 4) is 11.3 Å². The fraction of sp³-hybridized carbons (Fsp3) is 0.421. The fourth-order valence-corrected chi connectivity index (χ4v) is 3.50.